The van der Waals surface area contributed by atoms with E-state index in [0.717, 1.165) is 111 Å². The molecule has 0 aromatic heterocycles. The molecule has 3 N–H and O–H groups in total. The van der Waals surface area contributed by atoms with E-state index in [9.17, 15) is 44.2 Å². The molecule has 3 aromatic carbocycles. The Kier molecular flexibility index (Phi) is 113. The number of unbranched alkanes of at least 4 members (excludes halogenated alkanes) is 53. The number of benzene rings is 3. The van der Waals surface area contributed by atoms with Crippen LogP contribution in [0, 0.1) is 0 Å². The van der Waals surface area contributed by atoms with Gasteiger partial charge in [0, 0.05) is 0 Å². The Balaban J connectivity index is -0.000000244. The molecule has 113 heavy (non-hydrogen) atoms. The van der Waals surface area contributed by atoms with Crippen LogP contribution < -0.4 is 225 Å². The van der Waals surface area contributed by atoms with Crippen molar-refractivity contribution in [2.75, 3.05) is 13.2 Å². The van der Waals surface area contributed by atoms with Gasteiger partial charge in [-0.2, -0.15) is 25.3 Å². The summed E-state index contributed by atoms with van der Waals surface area (Å²) >= 11 is 1.10. The summed E-state index contributed by atoms with van der Waals surface area (Å²) in [6, 6.07) is 21.8. The van der Waals surface area contributed by atoms with E-state index in [0.29, 0.717) is 19.3 Å². The van der Waals surface area contributed by atoms with Crippen LogP contribution in [0.4, 0.5) is 0 Å². The van der Waals surface area contributed by atoms with Gasteiger partial charge in [0.1, 0.15) is 0 Å². The summed E-state index contributed by atoms with van der Waals surface area (Å²) in [7, 11) is -21.7. The van der Waals surface area contributed by atoms with E-state index < -0.39 is 46.0 Å². The first-order valence-corrected chi connectivity index (χ1v) is 53.2. The minimum Gasteiger partial charge on any atom is -0.790 e. The Labute approximate surface area is 899 Å². The van der Waals surface area contributed by atoms with Gasteiger partial charge >= 0.3 is 326 Å². The van der Waals surface area contributed by atoms with Crippen LogP contribution in [0.25, 0.3) is 0 Å². The van der Waals surface area contributed by atoms with Crippen LogP contribution in [0.1, 0.15) is 418 Å². The van der Waals surface area contributed by atoms with Gasteiger partial charge < -0.3 is 38.1 Å². The largest absolute Gasteiger partial charge is 1.00 e. The standard InChI is InChI=1S/C22H38O3S.C18H30O3S.C16H35O4P.C16H26O3S.C14H29.5K.H3O4P/c1-2-3-4-5-6-7-8-9-10-11-12-13-14-15-18-21-19-16-17-20-22(21)26(23,24)25;1-2-3-4-5-6-7-8-9-10-14-17-21-22(19,20)18-15-12-11-13-16-18;1-2-3-4-5-6-7-8-9-10-11-12-13-14-15-16-20-21(17,18)19;1-2-3-4-5-6-7-8-9-12-15-13-10-11-14-16(15)20(17,18)19;1-3-5-7-9-11-13-14-12-10-8-6-4-2;;;;;;1-5(2,3)4/h16-17,19-20H,2-15,18H2,1H3,(H,23,24,25);11-13,15-16H,2-10,14,17H2,1H3;2-16H2,1H3,(H2,17,18,19);10-11,13-14H,2-9,12H2,1H3,(H,17,18,19);1,3-14H2,2H3;;;;;;(H3,1,2,3,4)/q;;;;;;4*+1;/p-4. The molecule has 0 unspecified atom stereocenters. The molecule has 0 atom stereocenters. The van der Waals surface area contributed by atoms with E-state index in [4.69, 9.17) is 28.0 Å². The van der Waals surface area contributed by atoms with Gasteiger partial charge in [-0.1, -0.05) is 365 Å². The number of rotatable bonds is 67. The van der Waals surface area contributed by atoms with Crippen molar-refractivity contribution in [3.8, 4) is 0 Å². The molecule has 17 nitrogen and oxygen atoms in total. The average molecular weight is 1820 g/mol. The first-order chi connectivity index (χ1) is 52.2. The van der Waals surface area contributed by atoms with Gasteiger partial charge in [0.15, 0.2) is 0 Å². The fourth-order valence-electron chi connectivity index (χ4n) is 12.9. The van der Waals surface area contributed by atoms with Crippen molar-refractivity contribution < 1.29 is 282 Å². The first-order valence-electron chi connectivity index (χ1n) is 43.7. The first kappa shape index (κ1) is 132. The summed E-state index contributed by atoms with van der Waals surface area (Å²) in [5, 5.41) is 0. The molecule has 0 saturated carbocycles. The number of hydrogen-bond acceptors (Lipinski definition) is 14. The molecular weight excluding hydrogens is 1660 g/mol. The molecular formula is C86H157K5O17P2S3. The molecule has 0 radical (unpaired) electrons. The minimum absolute atomic E-state index is 0. The molecule has 0 aliphatic carbocycles. The van der Waals surface area contributed by atoms with Crippen LogP contribution in [0.15, 0.2) is 93.5 Å². The SMILES string of the molecule is CCCCCCCCCCCCCCCCOP(=O)([O-])[O-].CCCCCCCCCCCCCCCCc1ccccc1S(=O)(=O)O.CCCCCCCCCCCCC[CH2][K].CCCCCCCCCCCCOS(=O)(=O)c1ccccc1.CCCCCCCCCCc1ccccc1S(=O)(=O)O.O=P([O-])([O-])O.[K+].[K+].[K+].[K+]. The maximum Gasteiger partial charge on any atom is 1.00 e. The molecule has 0 heterocycles. The van der Waals surface area contributed by atoms with Crippen molar-refractivity contribution in [1.82, 2.24) is 0 Å². The topological polar surface area (TPSA) is 308 Å². The summed E-state index contributed by atoms with van der Waals surface area (Å²) in [4.78, 5) is 45.1. The second kappa shape index (κ2) is 96.9. The molecule has 0 spiro atoms. The van der Waals surface area contributed by atoms with Gasteiger partial charge in [0.05, 0.1) is 43.5 Å². The minimum atomic E-state index is -5.14. The van der Waals surface area contributed by atoms with E-state index >= 15 is 0 Å². The fraction of sp³-hybridized carbons (Fsp3) is 0.791. The van der Waals surface area contributed by atoms with Gasteiger partial charge in [-0.25, -0.2) is 0 Å². The molecule has 27 heteroatoms. The second-order valence-electron chi connectivity index (χ2n) is 29.7. The van der Waals surface area contributed by atoms with Crippen LogP contribution in [0.2, 0.25) is 0.515 Å². The van der Waals surface area contributed by atoms with Gasteiger partial charge in [-0.15, -0.1) is 0 Å². The van der Waals surface area contributed by atoms with E-state index in [1.54, 1.807) is 55.1 Å². The van der Waals surface area contributed by atoms with E-state index in [-0.39, 0.29) is 233 Å². The maximum atomic E-state index is 11.9. The fourth-order valence-corrected chi connectivity index (χ4v) is 16.5. The van der Waals surface area contributed by atoms with Crippen molar-refractivity contribution in [2.45, 2.75) is 435 Å². The number of phosphoric acid groups is 2. The van der Waals surface area contributed by atoms with Crippen LogP contribution in [0.5, 0.6) is 0 Å². The third-order valence-electron chi connectivity index (χ3n) is 19.3. The Bertz CT molecular complexity index is 2860. The molecule has 0 bridgehead atoms. The van der Waals surface area contributed by atoms with Crippen molar-refractivity contribution in [3.05, 3.63) is 90.0 Å². The Morgan fingerprint density at radius 2 is 0.513 bits per heavy atom. The van der Waals surface area contributed by atoms with Crippen molar-refractivity contribution >= 4 is 95.0 Å². The van der Waals surface area contributed by atoms with E-state index in [1.165, 1.54) is 327 Å². The molecule has 636 valence electrons. The second-order valence-corrected chi connectivity index (χ2v) is 37.8. The van der Waals surface area contributed by atoms with Crippen molar-refractivity contribution in [3.63, 3.8) is 0 Å². The van der Waals surface area contributed by atoms with Crippen LogP contribution >= 0.6 is 15.6 Å². The predicted octanol–water partition coefficient (Wildman–Crippen LogP) is 12.3. The smallest absolute Gasteiger partial charge is 0.790 e. The zero-order valence-corrected chi connectivity index (χ0v) is 93.6. The summed E-state index contributed by atoms with van der Waals surface area (Å²) < 4.78 is 117. The number of aryl methyl sites for hydroxylation is 2. The van der Waals surface area contributed by atoms with E-state index in [2.05, 4.69) is 39.1 Å². The Hall–Kier alpha value is 5.79. The molecule has 0 amide bonds. The van der Waals surface area contributed by atoms with Crippen LogP contribution in [-0.4, -0.2) is 101 Å². The molecule has 3 rings (SSSR count). The Morgan fingerprint density at radius 3 is 0.743 bits per heavy atom. The third kappa shape index (κ3) is 103. The summed E-state index contributed by atoms with van der Waals surface area (Å²) in [6.45, 7) is 11.6. The third-order valence-corrected chi connectivity index (χ3v) is 24.2. The molecule has 3 aromatic rings. The van der Waals surface area contributed by atoms with Crippen molar-refractivity contribution in [1.29, 1.82) is 0 Å². The predicted molar refractivity (Wildman–Crippen MR) is 450 cm³/mol. The summed E-state index contributed by atoms with van der Waals surface area (Å²) in [5.41, 5.74) is 1.45. The molecule has 0 saturated heterocycles. The average Bonchev–Trinajstić information content (AvgIpc) is 0.845. The number of phosphoric ester groups is 1. The quantitative estimate of drug-likeness (QED) is 0.0155. The Morgan fingerprint density at radius 1 is 0.310 bits per heavy atom. The maximum absolute atomic E-state index is 11.9. The van der Waals surface area contributed by atoms with Crippen LogP contribution in [0.3, 0.4) is 0 Å². The molecule has 0 aliphatic rings. The van der Waals surface area contributed by atoms with Gasteiger partial charge in [0.2, 0.25) is 0 Å². The normalized spacial score (nSPS) is 11.2. The zero-order chi connectivity index (χ0) is 81.5. The van der Waals surface area contributed by atoms with Crippen molar-refractivity contribution in [2.24, 2.45) is 0 Å². The molecule has 0 aliphatic heterocycles. The summed E-state index contributed by atoms with van der Waals surface area (Å²) in [5.74, 6) is 0. The molecule has 0 fully saturated rings. The van der Waals surface area contributed by atoms with Gasteiger partial charge in [0.25, 0.3) is 30.4 Å². The summed E-state index contributed by atoms with van der Waals surface area (Å²) in [6.07, 6.45) is 77.1. The van der Waals surface area contributed by atoms with Gasteiger partial charge in [-0.05, 0) is 73.9 Å². The monoisotopic (exact) mass is 1810 g/mol. The van der Waals surface area contributed by atoms with Crippen LogP contribution in [-0.2, 0) is 61.0 Å². The van der Waals surface area contributed by atoms with E-state index in [1.807, 2.05) is 12.1 Å². The zero-order valence-electron chi connectivity index (χ0n) is 73.7. The van der Waals surface area contributed by atoms with Gasteiger partial charge in [-0.3, -0.25) is 13.3 Å². The number of hydrogen-bond donors (Lipinski definition) is 3.